The normalized spacial score (nSPS) is 14.9. The molecule has 0 heterocycles. The highest BCUT2D eigenvalue weighted by Crippen LogP contribution is 1.95. The zero-order chi connectivity index (χ0) is 13.1. The first-order valence-electron chi connectivity index (χ1n) is 5.75. The third-order valence-electron chi connectivity index (χ3n) is 2.25. The number of aliphatic hydroxyl groups excluding tert-OH is 4. The molecule has 6 nitrogen and oxygen atoms in total. The predicted molar refractivity (Wildman–Crippen MR) is 65.7 cm³/mol. The van der Waals surface area contributed by atoms with E-state index in [1.807, 2.05) is 0 Å². The molecule has 5 N–H and O–H groups in total. The topological polar surface area (TPSA) is 96.2 Å². The molecule has 0 radical (unpaired) electrons. The zero-order valence-electron chi connectivity index (χ0n) is 10.1. The summed E-state index contributed by atoms with van der Waals surface area (Å²) in [5, 5.41) is 39.3. The summed E-state index contributed by atoms with van der Waals surface area (Å²) in [6.07, 6.45) is 0.0794. The Labute approximate surface area is 102 Å². The Morgan fingerprint density at radius 3 is 2.06 bits per heavy atom. The number of aliphatic hydroxyl groups is 4. The molecule has 17 heavy (non-hydrogen) atoms. The molecule has 0 fully saturated rings. The molecule has 102 valence electrons. The maximum atomic E-state index is 9.34. The Bertz CT molecular complexity index is 180. The minimum Gasteiger partial charge on any atom is -0.394 e. The number of hydrogen-bond donors (Lipinski definition) is 5. The fraction of sp³-hybridized carbons (Fsp3) is 0.818. The molecule has 0 aromatic rings. The Morgan fingerprint density at radius 1 is 1.12 bits per heavy atom. The van der Waals surface area contributed by atoms with E-state index in [9.17, 15) is 10.2 Å². The maximum absolute atomic E-state index is 9.34. The van der Waals surface area contributed by atoms with E-state index in [0.717, 1.165) is 0 Å². The smallest absolute Gasteiger partial charge is 0.0897 e. The van der Waals surface area contributed by atoms with Crippen molar-refractivity contribution in [3.05, 3.63) is 12.7 Å². The number of rotatable bonds is 11. The van der Waals surface area contributed by atoms with Gasteiger partial charge in [0.2, 0.25) is 0 Å². The van der Waals surface area contributed by atoms with Gasteiger partial charge in [-0.25, -0.2) is 0 Å². The molecule has 0 aromatic heterocycles. The first-order valence-corrected chi connectivity index (χ1v) is 5.75. The lowest BCUT2D eigenvalue weighted by atomic mass is 10.3. The molecule has 0 aliphatic carbocycles. The van der Waals surface area contributed by atoms with Crippen molar-refractivity contribution in [1.29, 1.82) is 0 Å². The van der Waals surface area contributed by atoms with Crippen LogP contribution in [0.3, 0.4) is 0 Å². The van der Waals surface area contributed by atoms with Crippen molar-refractivity contribution < 1.29 is 20.4 Å². The predicted octanol–water partition coefficient (Wildman–Crippen LogP) is -2.23. The first kappa shape index (κ1) is 16.5. The molecular formula is C11H24N2O4. The van der Waals surface area contributed by atoms with Gasteiger partial charge in [-0.15, -0.1) is 6.58 Å². The summed E-state index contributed by atoms with van der Waals surface area (Å²) in [5.41, 5.74) is 0. The fourth-order valence-electron chi connectivity index (χ4n) is 1.41. The van der Waals surface area contributed by atoms with Crippen molar-refractivity contribution in [3.8, 4) is 0 Å². The Balaban J connectivity index is 3.96. The molecule has 2 unspecified atom stereocenters. The summed E-state index contributed by atoms with van der Waals surface area (Å²) < 4.78 is 0. The van der Waals surface area contributed by atoms with Gasteiger partial charge in [0, 0.05) is 32.7 Å². The van der Waals surface area contributed by atoms with Gasteiger partial charge in [-0.2, -0.15) is 0 Å². The van der Waals surface area contributed by atoms with Crippen LogP contribution >= 0.6 is 0 Å². The molecule has 2 atom stereocenters. The van der Waals surface area contributed by atoms with Gasteiger partial charge < -0.3 is 25.7 Å². The van der Waals surface area contributed by atoms with Crippen molar-refractivity contribution >= 4 is 0 Å². The van der Waals surface area contributed by atoms with Crippen LogP contribution in [0.4, 0.5) is 0 Å². The van der Waals surface area contributed by atoms with Crippen LogP contribution in [0.15, 0.2) is 12.7 Å². The Hall–Kier alpha value is -0.500. The van der Waals surface area contributed by atoms with E-state index in [2.05, 4.69) is 11.9 Å². The zero-order valence-corrected chi connectivity index (χ0v) is 10.1. The quantitative estimate of drug-likeness (QED) is 0.210. The van der Waals surface area contributed by atoms with Crippen LogP contribution < -0.4 is 5.32 Å². The van der Waals surface area contributed by atoms with Crippen LogP contribution in [-0.2, 0) is 0 Å². The van der Waals surface area contributed by atoms with Gasteiger partial charge in [-0.1, -0.05) is 6.08 Å². The van der Waals surface area contributed by atoms with Gasteiger partial charge in [-0.3, -0.25) is 4.90 Å². The summed E-state index contributed by atoms with van der Waals surface area (Å²) in [5.74, 6) is 0. The lowest BCUT2D eigenvalue weighted by Crippen LogP contribution is -2.43. The van der Waals surface area contributed by atoms with Gasteiger partial charge in [-0.05, 0) is 0 Å². The molecule has 0 saturated heterocycles. The van der Waals surface area contributed by atoms with Crippen LogP contribution in [0.25, 0.3) is 0 Å². The van der Waals surface area contributed by atoms with E-state index in [-0.39, 0.29) is 26.3 Å². The number of nitrogens with zero attached hydrogens (tertiary/aromatic N) is 1. The molecule has 0 spiro atoms. The van der Waals surface area contributed by atoms with Crippen LogP contribution in [0.5, 0.6) is 0 Å². The van der Waals surface area contributed by atoms with Crippen molar-refractivity contribution in [2.24, 2.45) is 0 Å². The summed E-state index contributed by atoms with van der Waals surface area (Å²) in [6, 6.07) is 0. The highest BCUT2D eigenvalue weighted by molar-refractivity contribution is 4.72. The number of nitrogens with one attached hydrogen (secondary N) is 1. The SMILES string of the molecule is C=CCNCCN(CC(O)CO)CC(O)CO. The van der Waals surface area contributed by atoms with Gasteiger partial charge in [0.1, 0.15) is 0 Å². The highest BCUT2D eigenvalue weighted by atomic mass is 16.3. The highest BCUT2D eigenvalue weighted by Gasteiger charge is 2.14. The van der Waals surface area contributed by atoms with Crippen LogP contribution in [-0.4, -0.2) is 83.5 Å². The van der Waals surface area contributed by atoms with Crippen LogP contribution in [0.1, 0.15) is 0 Å². The Morgan fingerprint density at radius 2 is 1.65 bits per heavy atom. The van der Waals surface area contributed by atoms with E-state index in [4.69, 9.17) is 10.2 Å². The molecule has 6 heteroatoms. The third kappa shape index (κ3) is 9.22. The Kier molecular flexibility index (Phi) is 10.3. The second kappa shape index (κ2) is 10.6. The molecule has 0 aliphatic rings. The van der Waals surface area contributed by atoms with Gasteiger partial charge in [0.15, 0.2) is 0 Å². The van der Waals surface area contributed by atoms with Gasteiger partial charge in [0.25, 0.3) is 0 Å². The second-order valence-electron chi connectivity index (χ2n) is 3.93. The van der Waals surface area contributed by atoms with Crippen LogP contribution in [0.2, 0.25) is 0 Å². The third-order valence-corrected chi connectivity index (χ3v) is 2.25. The van der Waals surface area contributed by atoms with Gasteiger partial charge >= 0.3 is 0 Å². The largest absolute Gasteiger partial charge is 0.394 e. The fourth-order valence-corrected chi connectivity index (χ4v) is 1.41. The first-order chi connectivity index (χ1) is 8.13. The molecule has 0 saturated carbocycles. The van der Waals surface area contributed by atoms with Crippen LogP contribution in [0, 0.1) is 0 Å². The minimum absolute atomic E-state index is 0.267. The van der Waals surface area contributed by atoms with Crippen molar-refractivity contribution in [3.63, 3.8) is 0 Å². The average Bonchev–Trinajstić information content (AvgIpc) is 2.33. The summed E-state index contributed by atoms with van der Waals surface area (Å²) >= 11 is 0. The minimum atomic E-state index is -0.833. The van der Waals surface area contributed by atoms with Crippen molar-refractivity contribution in [1.82, 2.24) is 10.2 Å². The van der Waals surface area contributed by atoms with E-state index in [0.29, 0.717) is 19.6 Å². The lowest BCUT2D eigenvalue weighted by molar-refractivity contribution is 0.0238. The molecule has 0 amide bonds. The maximum Gasteiger partial charge on any atom is 0.0897 e. The number of hydrogen-bond acceptors (Lipinski definition) is 6. The van der Waals surface area contributed by atoms with E-state index >= 15 is 0 Å². The second-order valence-corrected chi connectivity index (χ2v) is 3.93. The van der Waals surface area contributed by atoms with Crippen molar-refractivity contribution in [2.45, 2.75) is 12.2 Å². The lowest BCUT2D eigenvalue weighted by Gasteiger charge is -2.26. The van der Waals surface area contributed by atoms with E-state index in [1.165, 1.54) is 0 Å². The van der Waals surface area contributed by atoms with Gasteiger partial charge in [0.05, 0.1) is 25.4 Å². The average molecular weight is 248 g/mol. The molecule has 0 rings (SSSR count). The summed E-state index contributed by atoms with van der Waals surface area (Å²) in [4.78, 5) is 1.79. The monoisotopic (exact) mass is 248 g/mol. The summed E-state index contributed by atoms with van der Waals surface area (Å²) in [7, 11) is 0. The van der Waals surface area contributed by atoms with E-state index < -0.39 is 12.2 Å². The van der Waals surface area contributed by atoms with E-state index in [1.54, 1.807) is 11.0 Å². The molecule has 0 bridgehead atoms. The molecule has 0 aromatic carbocycles. The molecule has 0 aliphatic heterocycles. The van der Waals surface area contributed by atoms with Crippen molar-refractivity contribution in [2.75, 3.05) is 45.9 Å². The molecular weight excluding hydrogens is 224 g/mol. The standard InChI is InChI=1S/C11H24N2O4/c1-2-3-12-4-5-13(6-10(16)8-14)7-11(17)9-15/h2,10-12,14-17H,1,3-9H2. The summed E-state index contributed by atoms with van der Waals surface area (Å²) in [6.45, 7) is 5.47.